The first-order valence-corrected chi connectivity index (χ1v) is 5.79. The minimum absolute atomic E-state index is 0.0226. The van der Waals surface area contributed by atoms with E-state index in [2.05, 4.69) is 0 Å². The lowest BCUT2D eigenvalue weighted by Gasteiger charge is -2.14. The summed E-state index contributed by atoms with van der Waals surface area (Å²) in [6.07, 6.45) is -1.23. The highest BCUT2D eigenvalue weighted by Crippen LogP contribution is 2.21. The Labute approximate surface area is 105 Å². The summed E-state index contributed by atoms with van der Waals surface area (Å²) >= 11 is 0. The second kappa shape index (κ2) is 5.95. The van der Waals surface area contributed by atoms with Crippen molar-refractivity contribution in [2.75, 3.05) is 13.7 Å². The average Bonchev–Trinajstić information content (AvgIpc) is 2.77. The highest BCUT2D eigenvalue weighted by Gasteiger charge is 2.34. The Bertz CT molecular complexity index is 392. The maximum Gasteiger partial charge on any atom is 0.338 e. The van der Waals surface area contributed by atoms with Crippen molar-refractivity contribution in [3.8, 4) is 0 Å². The van der Waals surface area contributed by atoms with Gasteiger partial charge in [0.05, 0.1) is 11.7 Å². The molecule has 0 aromatic heterocycles. The quantitative estimate of drug-likeness (QED) is 0.809. The molecule has 5 heteroatoms. The lowest BCUT2D eigenvalue weighted by molar-refractivity contribution is -0.128. The van der Waals surface area contributed by atoms with E-state index in [1.54, 1.807) is 24.3 Å². The minimum Gasteiger partial charge on any atom is -0.459 e. The van der Waals surface area contributed by atoms with Gasteiger partial charge in [-0.15, -0.1) is 0 Å². The Morgan fingerprint density at radius 1 is 1.44 bits per heavy atom. The van der Waals surface area contributed by atoms with Gasteiger partial charge < -0.3 is 19.3 Å². The van der Waals surface area contributed by atoms with Gasteiger partial charge in [0, 0.05) is 13.5 Å². The molecule has 1 aliphatic rings. The molecular weight excluding hydrogens is 236 g/mol. The van der Waals surface area contributed by atoms with Crippen LogP contribution in [-0.4, -0.2) is 43.3 Å². The molecule has 1 saturated heterocycles. The number of hydrogen-bond donors (Lipinski definition) is 1. The zero-order chi connectivity index (χ0) is 13.0. The number of esters is 1. The zero-order valence-electron chi connectivity index (χ0n) is 10.1. The van der Waals surface area contributed by atoms with E-state index in [1.165, 1.54) is 7.11 Å². The fourth-order valence-corrected chi connectivity index (χ4v) is 1.81. The van der Waals surface area contributed by atoms with Crippen molar-refractivity contribution < 1.29 is 24.1 Å². The van der Waals surface area contributed by atoms with Gasteiger partial charge in [-0.2, -0.15) is 0 Å². The normalized spacial score (nSPS) is 27.1. The zero-order valence-corrected chi connectivity index (χ0v) is 10.1. The Morgan fingerprint density at radius 2 is 2.17 bits per heavy atom. The molecule has 3 unspecified atom stereocenters. The Balaban J connectivity index is 1.83. The highest BCUT2D eigenvalue weighted by molar-refractivity contribution is 5.89. The van der Waals surface area contributed by atoms with E-state index in [1.807, 2.05) is 6.07 Å². The summed E-state index contributed by atoms with van der Waals surface area (Å²) in [7, 11) is 1.51. The second-order valence-electron chi connectivity index (χ2n) is 4.11. The second-order valence-corrected chi connectivity index (χ2v) is 4.11. The molecule has 3 atom stereocenters. The molecule has 1 heterocycles. The number of aliphatic hydroxyl groups is 1. The fraction of sp³-hybridized carbons (Fsp3) is 0.462. The van der Waals surface area contributed by atoms with Crippen LogP contribution in [0.4, 0.5) is 0 Å². The Hall–Kier alpha value is -1.43. The van der Waals surface area contributed by atoms with E-state index < -0.39 is 24.5 Å². The van der Waals surface area contributed by atoms with Crippen LogP contribution in [-0.2, 0) is 14.2 Å². The third kappa shape index (κ3) is 3.07. The molecule has 0 spiro atoms. The van der Waals surface area contributed by atoms with Crippen molar-refractivity contribution in [1.82, 2.24) is 0 Å². The summed E-state index contributed by atoms with van der Waals surface area (Å²) in [4.78, 5) is 11.7. The summed E-state index contributed by atoms with van der Waals surface area (Å²) in [5.74, 6) is -0.424. The van der Waals surface area contributed by atoms with Gasteiger partial charge >= 0.3 is 5.97 Å². The number of methoxy groups -OCH3 is 1. The smallest absolute Gasteiger partial charge is 0.338 e. The molecule has 0 amide bonds. The van der Waals surface area contributed by atoms with Crippen LogP contribution in [0.5, 0.6) is 0 Å². The van der Waals surface area contributed by atoms with Crippen LogP contribution < -0.4 is 0 Å². The monoisotopic (exact) mass is 252 g/mol. The van der Waals surface area contributed by atoms with Crippen LogP contribution in [0.1, 0.15) is 16.8 Å². The van der Waals surface area contributed by atoms with E-state index in [9.17, 15) is 9.90 Å². The SMILES string of the molecule is COC1CC(O)C(COC(=O)c2ccccc2)O1. The Morgan fingerprint density at radius 3 is 2.78 bits per heavy atom. The first kappa shape index (κ1) is 13.0. The predicted molar refractivity (Wildman–Crippen MR) is 63.0 cm³/mol. The molecule has 1 aliphatic heterocycles. The standard InChI is InChI=1S/C13H16O5/c1-16-12-7-10(14)11(18-12)8-17-13(15)9-5-3-2-4-6-9/h2-6,10-12,14H,7-8H2,1H3. The van der Waals surface area contributed by atoms with Gasteiger partial charge in [-0.05, 0) is 12.1 Å². The van der Waals surface area contributed by atoms with E-state index >= 15 is 0 Å². The van der Waals surface area contributed by atoms with Crippen LogP contribution in [0.15, 0.2) is 30.3 Å². The van der Waals surface area contributed by atoms with Crippen molar-refractivity contribution in [2.45, 2.75) is 24.9 Å². The fourth-order valence-electron chi connectivity index (χ4n) is 1.81. The van der Waals surface area contributed by atoms with Gasteiger partial charge in [0.25, 0.3) is 0 Å². The number of ether oxygens (including phenoxy) is 3. The van der Waals surface area contributed by atoms with Gasteiger partial charge in [0.1, 0.15) is 12.7 Å². The first-order valence-electron chi connectivity index (χ1n) is 5.79. The van der Waals surface area contributed by atoms with Crippen molar-refractivity contribution in [2.24, 2.45) is 0 Å². The van der Waals surface area contributed by atoms with Gasteiger partial charge in [0.2, 0.25) is 0 Å². The molecule has 0 aliphatic carbocycles. The third-order valence-electron chi connectivity index (χ3n) is 2.84. The van der Waals surface area contributed by atoms with Crippen LogP contribution in [0.25, 0.3) is 0 Å². The lowest BCUT2D eigenvalue weighted by Crippen LogP contribution is -2.28. The number of hydrogen-bond acceptors (Lipinski definition) is 5. The summed E-state index contributed by atoms with van der Waals surface area (Å²) in [5.41, 5.74) is 0.480. The number of rotatable bonds is 4. The minimum atomic E-state index is -0.668. The van der Waals surface area contributed by atoms with Gasteiger partial charge in [-0.3, -0.25) is 0 Å². The summed E-state index contributed by atoms with van der Waals surface area (Å²) in [6.45, 7) is 0.0226. The molecule has 18 heavy (non-hydrogen) atoms. The predicted octanol–water partition coefficient (Wildman–Crippen LogP) is 0.966. The number of carbonyl (C=O) groups is 1. The summed E-state index contributed by atoms with van der Waals surface area (Å²) < 4.78 is 15.4. The van der Waals surface area contributed by atoms with Gasteiger partial charge in [0.15, 0.2) is 6.29 Å². The molecule has 1 aromatic carbocycles. The first-order chi connectivity index (χ1) is 8.70. The molecule has 0 radical (unpaired) electrons. The average molecular weight is 252 g/mol. The summed E-state index contributed by atoms with van der Waals surface area (Å²) in [5, 5.41) is 9.68. The van der Waals surface area contributed by atoms with E-state index in [0.29, 0.717) is 12.0 Å². The van der Waals surface area contributed by atoms with Crippen LogP contribution in [0, 0.1) is 0 Å². The molecule has 2 rings (SSSR count). The van der Waals surface area contributed by atoms with E-state index in [4.69, 9.17) is 14.2 Å². The highest BCUT2D eigenvalue weighted by atomic mass is 16.7. The third-order valence-corrected chi connectivity index (χ3v) is 2.84. The molecule has 5 nitrogen and oxygen atoms in total. The van der Waals surface area contributed by atoms with Gasteiger partial charge in [-0.25, -0.2) is 4.79 Å². The largest absolute Gasteiger partial charge is 0.459 e. The topological polar surface area (TPSA) is 65.0 Å². The van der Waals surface area contributed by atoms with Crippen molar-refractivity contribution >= 4 is 5.97 Å². The maximum atomic E-state index is 11.7. The lowest BCUT2D eigenvalue weighted by atomic mass is 10.2. The van der Waals surface area contributed by atoms with Crippen molar-refractivity contribution in [3.63, 3.8) is 0 Å². The van der Waals surface area contributed by atoms with Crippen molar-refractivity contribution in [1.29, 1.82) is 0 Å². The molecule has 1 aromatic rings. The number of carbonyl (C=O) groups excluding carboxylic acids is 1. The summed E-state index contributed by atoms with van der Waals surface area (Å²) in [6, 6.07) is 8.69. The molecule has 1 fully saturated rings. The molecule has 0 bridgehead atoms. The number of benzene rings is 1. The van der Waals surface area contributed by atoms with E-state index in [0.717, 1.165) is 0 Å². The van der Waals surface area contributed by atoms with Crippen LogP contribution in [0.2, 0.25) is 0 Å². The van der Waals surface area contributed by atoms with E-state index in [-0.39, 0.29) is 6.61 Å². The van der Waals surface area contributed by atoms with Crippen LogP contribution >= 0.6 is 0 Å². The van der Waals surface area contributed by atoms with Crippen molar-refractivity contribution in [3.05, 3.63) is 35.9 Å². The molecule has 98 valence electrons. The number of aliphatic hydroxyl groups excluding tert-OH is 1. The van der Waals surface area contributed by atoms with Crippen LogP contribution in [0.3, 0.4) is 0 Å². The Kier molecular flexibility index (Phi) is 4.30. The maximum absolute atomic E-state index is 11.7. The molecule has 1 N–H and O–H groups in total. The molecular formula is C13H16O5. The van der Waals surface area contributed by atoms with Gasteiger partial charge in [-0.1, -0.05) is 18.2 Å². The molecule has 0 saturated carbocycles.